The van der Waals surface area contributed by atoms with Gasteiger partial charge in [0, 0.05) is 42.4 Å². The van der Waals surface area contributed by atoms with Crippen LogP contribution < -0.4 is 0 Å². The number of halogens is 2. The van der Waals surface area contributed by atoms with Crippen LogP contribution in [0.25, 0.3) is 23.5 Å². The Bertz CT molecular complexity index is 2570. The van der Waals surface area contributed by atoms with Crippen LogP contribution >= 0.6 is 23.5 Å². The van der Waals surface area contributed by atoms with Crippen LogP contribution in [-0.4, -0.2) is 67.1 Å². The summed E-state index contributed by atoms with van der Waals surface area (Å²) in [5, 5.41) is 31.4. The Balaban J connectivity index is 0.000000152. The van der Waals surface area contributed by atoms with Gasteiger partial charge in [0.1, 0.15) is 27.5 Å². The number of thioether (sulfide) groups is 2. The zero-order valence-electron chi connectivity index (χ0n) is 33.3. The third-order valence-electron chi connectivity index (χ3n) is 12.4. The maximum atomic E-state index is 13.3. The molecule has 4 heterocycles. The highest BCUT2D eigenvalue weighted by molar-refractivity contribution is 8.00. The fourth-order valence-electron chi connectivity index (χ4n) is 9.37. The van der Waals surface area contributed by atoms with Gasteiger partial charge in [-0.15, -0.1) is 23.5 Å². The molecule has 0 spiro atoms. The second-order valence-corrected chi connectivity index (χ2v) is 18.9. The van der Waals surface area contributed by atoms with E-state index in [9.17, 15) is 18.7 Å². The van der Waals surface area contributed by atoms with Gasteiger partial charge in [0.05, 0.1) is 47.2 Å². The second-order valence-electron chi connectivity index (χ2n) is 16.3. The van der Waals surface area contributed by atoms with Crippen molar-refractivity contribution in [2.75, 3.05) is 6.61 Å². The lowest BCUT2D eigenvalue weighted by atomic mass is 9.62. The number of aliphatic hydroxyl groups is 1. The van der Waals surface area contributed by atoms with Gasteiger partial charge >= 0.3 is 0 Å². The number of aryl methyl sites for hydroxylation is 2. The summed E-state index contributed by atoms with van der Waals surface area (Å²) in [5.41, 5.74) is 7.74. The van der Waals surface area contributed by atoms with Crippen LogP contribution in [0, 0.1) is 22.5 Å². The van der Waals surface area contributed by atoms with Crippen molar-refractivity contribution in [3.8, 4) is 11.4 Å². The minimum absolute atomic E-state index is 0.138. The minimum atomic E-state index is -0.464. The zero-order chi connectivity index (χ0) is 40.9. The molecule has 4 aliphatic rings. The van der Waals surface area contributed by atoms with E-state index in [0.717, 1.165) is 88.9 Å². The number of fused-ring (bicyclic) bond motifs is 4. The number of aromatic nitrogens is 8. The molecule has 304 valence electrons. The van der Waals surface area contributed by atoms with Gasteiger partial charge in [-0.3, -0.25) is 14.2 Å². The van der Waals surface area contributed by atoms with E-state index in [-0.39, 0.29) is 29.4 Å². The Hall–Kier alpha value is -5.05. The van der Waals surface area contributed by atoms with E-state index in [1.54, 1.807) is 43.0 Å². The molecule has 10 nitrogen and oxygen atoms in total. The van der Waals surface area contributed by atoms with Crippen molar-refractivity contribution in [1.82, 2.24) is 39.1 Å². The second kappa shape index (κ2) is 15.9. The van der Waals surface area contributed by atoms with Gasteiger partial charge in [0.25, 0.3) is 0 Å². The standard InChI is InChI=1S/C23H23FN4OS.C22H23FN4OS/c1-15(29)23-12-16-14-25-28(19-6-4-18(24)5-7-19)21(16)11-17(23)3-8-20(13-23)30-22-9-10-27(2)26-22;1-26-9-8-21(25-26)29-19-7-2-16-10-20-15(11-22(16,12-19)14-28)13-24-27(20)18-5-3-17(23)4-6-18/h4-7,9-11,14,20H,3,8,12-13H2,1-2H3;3-6,8-10,13,19,28H,2,7,11-12,14H2,1H3/t20-,23+;19-,22+/m00/s1. The first-order chi connectivity index (χ1) is 28.5. The van der Waals surface area contributed by atoms with Gasteiger partial charge in [-0.2, -0.15) is 20.4 Å². The molecule has 0 radical (unpaired) electrons. The average molecular weight is 833 g/mol. The molecule has 1 N–H and O–H groups in total. The molecule has 4 atom stereocenters. The fraction of sp³-hybridized carbons (Fsp3) is 0.356. The molecule has 6 aromatic rings. The summed E-state index contributed by atoms with van der Waals surface area (Å²) in [6, 6.07) is 16.8. The van der Waals surface area contributed by atoms with Crippen molar-refractivity contribution in [1.29, 1.82) is 0 Å². The predicted octanol–water partition coefficient (Wildman–Crippen LogP) is 8.61. The quantitative estimate of drug-likeness (QED) is 0.163. The van der Waals surface area contributed by atoms with E-state index in [4.69, 9.17) is 0 Å². The van der Waals surface area contributed by atoms with Gasteiger partial charge in [0.2, 0.25) is 0 Å². The van der Waals surface area contributed by atoms with Gasteiger partial charge in [-0.1, -0.05) is 11.1 Å². The molecule has 0 aliphatic heterocycles. The number of aliphatic hydroxyl groups excluding tert-OH is 1. The Morgan fingerprint density at radius 3 is 1.71 bits per heavy atom. The lowest BCUT2D eigenvalue weighted by Crippen LogP contribution is -2.41. The maximum Gasteiger partial charge on any atom is 0.140 e. The lowest BCUT2D eigenvalue weighted by Gasteiger charge is -2.43. The first kappa shape index (κ1) is 39.4. The molecule has 59 heavy (non-hydrogen) atoms. The predicted molar refractivity (Wildman–Crippen MR) is 226 cm³/mol. The van der Waals surface area contributed by atoms with Crippen molar-refractivity contribution in [3.63, 3.8) is 0 Å². The van der Waals surface area contributed by atoms with Gasteiger partial charge < -0.3 is 5.11 Å². The Morgan fingerprint density at radius 1 is 0.729 bits per heavy atom. The van der Waals surface area contributed by atoms with Crippen molar-refractivity contribution in [3.05, 3.63) is 131 Å². The topological polar surface area (TPSA) is 109 Å². The van der Waals surface area contributed by atoms with Crippen LogP contribution in [0.4, 0.5) is 8.78 Å². The molecule has 10 rings (SSSR count). The number of Topliss-reactive ketones (excluding diaryl/α,β-unsaturated/α-hetero) is 1. The highest BCUT2D eigenvalue weighted by Gasteiger charge is 2.47. The van der Waals surface area contributed by atoms with Crippen molar-refractivity contribution < 1.29 is 18.7 Å². The molecule has 0 saturated heterocycles. The third kappa shape index (κ3) is 7.66. The third-order valence-corrected chi connectivity index (χ3v) is 14.8. The normalized spacial score (nSPS) is 23.2. The lowest BCUT2D eigenvalue weighted by molar-refractivity contribution is -0.125. The minimum Gasteiger partial charge on any atom is -0.395 e. The first-order valence-electron chi connectivity index (χ1n) is 20.0. The van der Waals surface area contributed by atoms with E-state index in [1.165, 1.54) is 35.4 Å². The van der Waals surface area contributed by atoms with Crippen LogP contribution in [-0.2, 0) is 31.7 Å². The monoisotopic (exact) mass is 832 g/mol. The molecule has 2 aromatic carbocycles. The van der Waals surface area contributed by atoms with Gasteiger partial charge in [0.15, 0.2) is 0 Å². The van der Waals surface area contributed by atoms with Crippen molar-refractivity contribution in [2.24, 2.45) is 24.9 Å². The molecule has 14 heteroatoms. The van der Waals surface area contributed by atoms with Crippen molar-refractivity contribution >= 4 is 41.5 Å². The number of benzene rings is 2. The summed E-state index contributed by atoms with van der Waals surface area (Å²) in [5.74, 6) is -0.297. The Morgan fingerprint density at radius 2 is 1.22 bits per heavy atom. The molecule has 0 amide bonds. The number of ketones is 1. The molecule has 4 aliphatic carbocycles. The van der Waals surface area contributed by atoms with Crippen LogP contribution in [0.2, 0.25) is 0 Å². The molecular formula is C45H46F2N8O2S2. The smallest absolute Gasteiger partial charge is 0.140 e. The molecule has 0 bridgehead atoms. The summed E-state index contributed by atoms with van der Waals surface area (Å²) in [6.45, 7) is 1.86. The van der Waals surface area contributed by atoms with Gasteiger partial charge in [-0.05, 0) is 142 Å². The van der Waals surface area contributed by atoms with Crippen LogP contribution in [0.5, 0.6) is 0 Å². The van der Waals surface area contributed by atoms with Crippen LogP contribution in [0.15, 0.2) is 107 Å². The molecule has 0 unspecified atom stereocenters. The Kier molecular flexibility index (Phi) is 10.6. The largest absolute Gasteiger partial charge is 0.395 e. The number of hydrogen-bond donors (Lipinski definition) is 1. The molecule has 2 fully saturated rings. The van der Waals surface area contributed by atoms with E-state index < -0.39 is 5.41 Å². The van der Waals surface area contributed by atoms with E-state index >= 15 is 0 Å². The van der Waals surface area contributed by atoms with Crippen molar-refractivity contribution in [2.45, 2.75) is 78.8 Å². The molecule has 4 aromatic heterocycles. The fourth-order valence-corrected chi connectivity index (χ4v) is 11.9. The number of carbonyl (C=O) groups is 1. The summed E-state index contributed by atoms with van der Waals surface area (Å²) >= 11 is 3.59. The van der Waals surface area contributed by atoms with E-state index in [2.05, 4.69) is 32.5 Å². The van der Waals surface area contributed by atoms with E-state index in [0.29, 0.717) is 16.9 Å². The summed E-state index contributed by atoms with van der Waals surface area (Å²) in [6.07, 6.45) is 19.1. The number of allylic oxidation sites excluding steroid dienone is 1. The van der Waals surface area contributed by atoms with E-state index in [1.807, 2.05) is 81.5 Å². The molecular weight excluding hydrogens is 787 g/mol. The van der Waals surface area contributed by atoms with Crippen LogP contribution in [0.3, 0.4) is 0 Å². The maximum absolute atomic E-state index is 13.3. The molecule has 2 saturated carbocycles. The SMILES string of the molecule is CC(=O)[C@]12Cc3cnn(-c4ccc(F)cc4)c3C=C1CC[C@H](Sc1ccn(C)n1)C2.Cn1ccc(S[C@H]2CCC3=Cc4c(cnn4-c4ccc(F)cc4)C[C@]3(CO)C2)n1. The Labute approximate surface area is 350 Å². The first-order valence-corrected chi connectivity index (χ1v) is 21.8. The number of carbonyl (C=O) groups excluding carboxylic acids is 1. The highest BCUT2D eigenvalue weighted by atomic mass is 32.2. The van der Waals surface area contributed by atoms with Gasteiger partial charge in [-0.25, -0.2) is 18.1 Å². The number of rotatable bonds is 8. The average Bonchev–Trinajstić information content (AvgIpc) is 4.04. The summed E-state index contributed by atoms with van der Waals surface area (Å²) in [7, 11) is 3.85. The highest BCUT2D eigenvalue weighted by Crippen LogP contribution is 2.53. The number of nitrogens with zero attached hydrogens (tertiary/aromatic N) is 8. The number of hydrogen-bond acceptors (Lipinski definition) is 8. The summed E-state index contributed by atoms with van der Waals surface area (Å²) in [4.78, 5) is 12.9. The zero-order valence-corrected chi connectivity index (χ0v) is 34.9. The summed E-state index contributed by atoms with van der Waals surface area (Å²) < 4.78 is 34.0. The van der Waals surface area contributed by atoms with Crippen LogP contribution in [0.1, 0.15) is 68.0 Å².